The minimum atomic E-state index is -0.210. The minimum absolute atomic E-state index is 0.172. The summed E-state index contributed by atoms with van der Waals surface area (Å²) in [6.07, 6.45) is 2.57. The first-order chi connectivity index (χ1) is 8.64. The van der Waals surface area contributed by atoms with Crippen molar-refractivity contribution in [1.29, 1.82) is 0 Å². The summed E-state index contributed by atoms with van der Waals surface area (Å²) in [4.78, 5) is 11.8. The highest BCUT2D eigenvalue weighted by Crippen LogP contribution is 2.44. The van der Waals surface area contributed by atoms with E-state index in [4.69, 9.17) is 4.74 Å². The standard InChI is InChI=1S/C15H21NO2/c1-15(8-9-15)11-16-10-13(14(17)18-2)12-6-4-3-5-7-12/h3-7,13,16H,8-11H2,1-2H3. The Morgan fingerprint density at radius 1 is 1.39 bits per heavy atom. The molecule has 0 spiro atoms. The molecule has 1 aliphatic rings. The van der Waals surface area contributed by atoms with E-state index in [1.165, 1.54) is 20.0 Å². The van der Waals surface area contributed by atoms with Gasteiger partial charge in [0.15, 0.2) is 0 Å². The maximum Gasteiger partial charge on any atom is 0.314 e. The van der Waals surface area contributed by atoms with Gasteiger partial charge in [0.05, 0.1) is 13.0 Å². The second-order valence-electron chi connectivity index (χ2n) is 5.43. The number of nitrogens with one attached hydrogen (secondary N) is 1. The Labute approximate surface area is 109 Å². The molecule has 1 aliphatic carbocycles. The monoisotopic (exact) mass is 247 g/mol. The largest absolute Gasteiger partial charge is 0.469 e. The van der Waals surface area contributed by atoms with Gasteiger partial charge in [-0.1, -0.05) is 37.3 Å². The zero-order valence-electron chi connectivity index (χ0n) is 11.1. The topological polar surface area (TPSA) is 38.3 Å². The molecule has 1 atom stereocenters. The molecule has 0 aliphatic heterocycles. The van der Waals surface area contributed by atoms with Crippen LogP contribution in [0.25, 0.3) is 0 Å². The summed E-state index contributed by atoms with van der Waals surface area (Å²) in [5.74, 6) is -0.381. The molecule has 3 heteroatoms. The molecule has 0 bridgehead atoms. The predicted molar refractivity (Wildman–Crippen MR) is 71.4 cm³/mol. The lowest BCUT2D eigenvalue weighted by molar-refractivity contribution is -0.142. The first kappa shape index (κ1) is 13.1. The van der Waals surface area contributed by atoms with Crippen LogP contribution in [0.4, 0.5) is 0 Å². The van der Waals surface area contributed by atoms with E-state index in [9.17, 15) is 4.79 Å². The first-order valence-electron chi connectivity index (χ1n) is 6.48. The van der Waals surface area contributed by atoms with E-state index < -0.39 is 0 Å². The highest BCUT2D eigenvalue weighted by Gasteiger charge is 2.36. The van der Waals surface area contributed by atoms with Crippen LogP contribution < -0.4 is 5.32 Å². The zero-order valence-corrected chi connectivity index (χ0v) is 11.1. The molecule has 1 N–H and O–H groups in total. The molecule has 1 aromatic rings. The Morgan fingerprint density at radius 3 is 2.61 bits per heavy atom. The molecule has 0 amide bonds. The van der Waals surface area contributed by atoms with E-state index in [0.717, 1.165) is 12.1 Å². The maximum absolute atomic E-state index is 11.8. The average molecular weight is 247 g/mol. The Balaban J connectivity index is 1.95. The van der Waals surface area contributed by atoms with Gasteiger partial charge in [-0.2, -0.15) is 0 Å². The average Bonchev–Trinajstić information content (AvgIpc) is 3.13. The van der Waals surface area contributed by atoms with E-state index in [1.54, 1.807) is 0 Å². The summed E-state index contributed by atoms with van der Waals surface area (Å²) in [7, 11) is 1.44. The Hall–Kier alpha value is -1.35. The molecular formula is C15H21NO2. The predicted octanol–water partition coefficient (Wildman–Crippen LogP) is 2.33. The summed E-state index contributed by atoms with van der Waals surface area (Å²) in [5, 5.41) is 3.40. The molecule has 1 aromatic carbocycles. The molecule has 18 heavy (non-hydrogen) atoms. The van der Waals surface area contributed by atoms with Crippen molar-refractivity contribution >= 4 is 5.97 Å². The van der Waals surface area contributed by atoms with Crippen LogP contribution in [-0.4, -0.2) is 26.2 Å². The number of carbonyl (C=O) groups excluding carboxylic acids is 1. The van der Waals surface area contributed by atoms with Crippen LogP contribution in [0.5, 0.6) is 0 Å². The third-order valence-electron chi connectivity index (χ3n) is 3.69. The third kappa shape index (κ3) is 3.33. The molecular weight excluding hydrogens is 226 g/mol. The Kier molecular flexibility index (Phi) is 4.02. The molecule has 0 heterocycles. The highest BCUT2D eigenvalue weighted by atomic mass is 16.5. The Morgan fingerprint density at radius 2 is 2.06 bits per heavy atom. The molecule has 0 aromatic heterocycles. The molecule has 1 saturated carbocycles. The second kappa shape index (κ2) is 5.53. The van der Waals surface area contributed by atoms with Crippen molar-refractivity contribution in [3.8, 4) is 0 Å². The van der Waals surface area contributed by atoms with Gasteiger partial charge in [0.2, 0.25) is 0 Å². The lowest BCUT2D eigenvalue weighted by Crippen LogP contribution is -2.31. The normalized spacial score (nSPS) is 18.1. The molecule has 1 unspecified atom stereocenters. The second-order valence-corrected chi connectivity index (χ2v) is 5.43. The van der Waals surface area contributed by atoms with Crippen molar-refractivity contribution < 1.29 is 9.53 Å². The van der Waals surface area contributed by atoms with Gasteiger partial charge in [0.1, 0.15) is 0 Å². The summed E-state index contributed by atoms with van der Waals surface area (Å²) in [5.41, 5.74) is 1.47. The smallest absolute Gasteiger partial charge is 0.314 e. The number of methoxy groups -OCH3 is 1. The summed E-state index contributed by atoms with van der Waals surface area (Å²) >= 11 is 0. The fourth-order valence-corrected chi connectivity index (χ4v) is 2.07. The van der Waals surface area contributed by atoms with Crippen molar-refractivity contribution in [2.75, 3.05) is 20.2 Å². The van der Waals surface area contributed by atoms with E-state index in [1.807, 2.05) is 30.3 Å². The number of hydrogen-bond donors (Lipinski definition) is 1. The number of esters is 1. The van der Waals surface area contributed by atoms with Crippen molar-refractivity contribution in [2.45, 2.75) is 25.7 Å². The van der Waals surface area contributed by atoms with Crippen LogP contribution in [0.2, 0.25) is 0 Å². The van der Waals surface area contributed by atoms with Gasteiger partial charge >= 0.3 is 5.97 Å². The number of rotatable bonds is 6. The number of ether oxygens (including phenoxy) is 1. The molecule has 0 radical (unpaired) electrons. The van der Waals surface area contributed by atoms with E-state index in [-0.39, 0.29) is 11.9 Å². The van der Waals surface area contributed by atoms with Crippen LogP contribution in [-0.2, 0) is 9.53 Å². The minimum Gasteiger partial charge on any atom is -0.469 e. The quantitative estimate of drug-likeness (QED) is 0.784. The third-order valence-corrected chi connectivity index (χ3v) is 3.69. The van der Waals surface area contributed by atoms with Crippen molar-refractivity contribution in [1.82, 2.24) is 5.32 Å². The van der Waals surface area contributed by atoms with Gasteiger partial charge in [-0.25, -0.2) is 0 Å². The zero-order chi connectivity index (χ0) is 13.0. The van der Waals surface area contributed by atoms with Gasteiger partial charge in [0, 0.05) is 13.1 Å². The van der Waals surface area contributed by atoms with Gasteiger partial charge in [-0.15, -0.1) is 0 Å². The van der Waals surface area contributed by atoms with E-state index >= 15 is 0 Å². The van der Waals surface area contributed by atoms with Gasteiger partial charge in [0.25, 0.3) is 0 Å². The molecule has 98 valence electrons. The van der Waals surface area contributed by atoms with Gasteiger partial charge in [-0.05, 0) is 23.8 Å². The molecule has 3 nitrogen and oxygen atoms in total. The number of benzene rings is 1. The van der Waals surface area contributed by atoms with Crippen LogP contribution >= 0.6 is 0 Å². The van der Waals surface area contributed by atoms with Crippen molar-refractivity contribution in [2.24, 2.45) is 5.41 Å². The molecule has 1 fully saturated rings. The van der Waals surface area contributed by atoms with Gasteiger partial charge in [-0.3, -0.25) is 4.79 Å². The van der Waals surface area contributed by atoms with Gasteiger partial charge < -0.3 is 10.1 Å². The number of carbonyl (C=O) groups is 1. The Bertz CT molecular complexity index is 398. The summed E-state index contributed by atoms with van der Waals surface area (Å²) in [6.45, 7) is 3.90. The summed E-state index contributed by atoms with van der Waals surface area (Å²) < 4.78 is 4.89. The van der Waals surface area contributed by atoms with E-state index in [0.29, 0.717) is 12.0 Å². The van der Waals surface area contributed by atoms with E-state index in [2.05, 4.69) is 12.2 Å². The number of hydrogen-bond acceptors (Lipinski definition) is 3. The lowest BCUT2D eigenvalue weighted by atomic mass is 9.99. The SMILES string of the molecule is COC(=O)C(CNCC1(C)CC1)c1ccccc1. The fourth-order valence-electron chi connectivity index (χ4n) is 2.07. The molecule has 2 rings (SSSR count). The van der Waals surface area contributed by atoms with Crippen LogP contribution in [0, 0.1) is 5.41 Å². The van der Waals surface area contributed by atoms with Crippen LogP contribution in [0.15, 0.2) is 30.3 Å². The van der Waals surface area contributed by atoms with Crippen molar-refractivity contribution in [3.63, 3.8) is 0 Å². The van der Waals surface area contributed by atoms with Crippen LogP contribution in [0.1, 0.15) is 31.2 Å². The lowest BCUT2D eigenvalue weighted by Gasteiger charge is -2.17. The van der Waals surface area contributed by atoms with Crippen molar-refractivity contribution in [3.05, 3.63) is 35.9 Å². The molecule has 0 saturated heterocycles. The highest BCUT2D eigenvalue weighted by molar-refractivity contribution is 5.78. The first-order valence-corrected chi connectivity index (χ1v) is 6.48. The summed E-state index contributed by atoms with van der Waals surface area (Å²) in [6, 6.07) is 9.81. The maximum atomic E-state index is 11.8. The van der Waals surface area contributed by atoms with Crippen LogP contribution in [0.3, 0.4) is 0 Å². The fraction of sp³-hybridized carbons (Fsp3) is 0.533.